The van der Waals surface area contributed by atoms with Gasteiger partial charge in [-0.2, -0.15) is 0 Å². The summed E-state index contributed by atoms with van der Waals surface area (Å²) in [4.78, 5) is 0. The number of nitrogens with two attached hydrogens (primary N) is 1. The molecule has 1 fully saturated rings. The van der Waals surface area contributed by atoms with Crippen molar-refractivity contribution >= 4 is 0 Å². The number of ether oxygens (including phenoxy) is 2. The van der Waals surface area contributed by atoms with Crippen LogP contribution in [0.15, 0.2) is 42.5 Å². The van der Waals surface area contributed by atoms with Crippen LogP contribution in [0.2, 0.25) is 0 Å². The summed E-state index contributed by atoms with van der Waals surface area (Å²) in [6.07, 6.45) is 6.23. The zero-order chi connectivity index (χ0) is 20.3. The number of aliphatic hydroxyl groups is 1. The molecule has 0 unspecified atom stereocenters. The molecule has 29 heavy (non-hydrogen) atoms. The second-order valence-corrected chi connectivity index (χ2v) is 8.99. The number of aryl methyl sites for hydroxylation is 1. The third-order valence-corrected chi connectivity index (χ3v) is 6.69. The summed E-state index contributed by atoms with van der Waals surface area (Å²) in [7, 11) is 1.71. The van der Waals surface area contributed by atoms with Crippen LogP contribution < -0.4 is 10.5 Å². The zero-order valence-electron chi connectivity index (χ0n) is 17.4. The third-order valence-electron chi connectivity index (χ3n) is 6.69. The first-order valence-corrected chi connectivity index (χ1v) is 10.8. The average Bonchev–Trinajstić information content (AvgIpc) is 3.15. The number of hydrogen-bond donors (Lipinski definition) is 2. The quantitative estimate of drug-likeness (QED) is 0.744. The molecule has 0 saturated heterocycles. The minimum atomic E-state index is -0.385. The van der Waals surface area contributed by atoms with Crippen LogP contribution in [0.5, 0.6) is 5.75 Å². The Morgan fingerprint density at radius 2 is 2.03 bits per heavy atom. The largest absolute Gasteiger partial charge is 0.493 e. The summed E-state index contributed by atoms with van der Waals surface area (Å²) in [5.74, 6) is 1.96. The Hall–Kier alpha value is -1.88. The fourth-order valence-corrected chi connectivity index (χ4v) is 4.94. The fourth-order valence-electron chi connectivity index (χ4n) is 4.94. The molecule has 4 heteroatoms. The van der Waals surface area contributed by atoms with E-state index in [9.17, 15) is 5.11 Å². The zero-order valence-corrected chi connectivity index (χ0v) is 17.4. The van der Waals surface area contributed by atoms with E-state index in [1.165, 1.54) is 16.7 Å². The van der Waals surface area contributed by atoms with Crippen molar-refractivity contribution in [1.82, 2.24) is 0 Å². The van der Waals surface area contributed by atoms with Gasteiger partial charge in [0.05, 0.1) is 19.8 Å². The van der Waals surface area contributed by atoms with Crippen molar-refractivity contribution in [2.24, 2.45) is 11.7 Å². The normalized spacial score (nSPS) is 26.3. The second-order valence-electron chi connectivity index (χ2n) is 8.99. The van der Waals surface area contributed by atoms with Gasteiger partial charge in [0.2, 0.25) is 0 Å². The first-order valence-electron chi connectivity index (χ1n) is 10.8. The first-order chi connectivity index (χ1) is 14.1. The molecule has 3 atom stereocenters. The van der Waals surface area contributed by atoms with Gasteiger partial charge in [0.25, 0.3) is 0 Å². The molecular formula is C25H33NO3. The number of aliphatic hydroxyl groups excluding tert-OH is 1. The van der Waals surface area contributed by atoms with Crippen molar-refractivity contribution in [3.05, 3.63) is 64.7 Å². The summed E-state index contributed by atoms with van der Waals surface area (Å²) in [6, 6.07) is 15.2. The van der Waals surface area contributed by atoms with Gasteiger partial charge in [-0.25, -0.2) is 0 Å². The Balaban J connectivity index is 1.35. The van der Waals surface area contributed by atoms with Crippen molar-refractivity contribution in [3.63, 3.8) is 0 Å². The highest BCUT2D eigenvalue weighted by Crippen LogP contribution is 2.40. The predicted molar refractivity (Wildman–Crippen MR) is 115 cm³/mol. The molecule has 0 bridgehead atoms. The van der Waals surface area contributed by atoms with Gasteiger partial charge in [-0.05, 0) is 84.7 Å². The third kappa shape index (κ3) is 4.82. The highest BCUT2D eigenvalue weighted by molar-refractivity contribution is 5.37. The molecule has 0 radical (unpaired) electrons. The van der Waals surface area contributed by atoms with Crippen LogP contribution in [0.25, 0.3) is 0 Å². The lowest BCUT2D eigenvalue weighted by Crippen LogP contribution is -2.40. The number of benzene rings is 2. The van der Waals surface area contributed by atoms with Crippen LogP contribution in [0.1, 0.15) is 53.9 Å². The summed E-state index contributed by atoms with van der Waals surface area (Å²) in [6.45, 7) is 1.46. The predicted octanol–water partition coefficient (Wildman–Crippen LogP) is 3.97. The molecule has 0 amide bonds. The highest BCUT2D eigenvalue weighted by atomic mass is 16.5. The minimum absolute atomic E-state index is 0.0878. The maximum Gasteiger partial charge on any atom is 0.119 e. The van der Waals surface area contributed by atoms with E-state index in [0.29, 0.717) is 18.4 Å². The highest BCUT2D eigenvalue weighted by Gasteiger charge is 2.36. The molecule has 3 N–H and O–H groups in total. The summed E-state index contributed by atoms with van der Waals surface area (Å²) < 4.78 is 11.3. The van der Waals surface area contributed by atoms with Crippen LogP contribution >= 0.6 is 0 Å². The van der Waals surface area contributed by atoms with E-state index in [2.05, 4.69) is 30.3 Å². The second kappa shape index (κ2) is 8.86. The van der Waals surface area contributed by atoms with E-state index in [1.54, 1.807) is 7.11 Å². The standard InChI is InChI=1S/C25H33NO3/c1-28-15-18-3-2-4-24(12-18)29-16-19-5-6-21-13-22(8-7-20(21)11-19)23-9-10-25(26,14-23)17-27/h2-4,7-8,12-13,19,23,27H,5-6,9-11,14-17,26H2,1H3/t19-,23+,25-/m1/s1. The molecule has 0 spiro atoms. The molecule has 156 valence electrons. The topological polar surface area (TPSA) is 64.7 Å². The van der Waals surface area contributed by atoms with Crippen LogP contribution in [-0.2, 0) is 24.2 Å². The molecule has 0 aliphatic heterocycles. The lowest BCUT2D eigenvalue weighted by Gasteiger charge is -2.26. The minimum Gasteiger partial charge on any atom is -0.493 e. The van der Waals surface area contributed by atoms with Gasteiger partial charge in [0.15, 0.2) is 0 Å². The van der Waals surface area contributed by atoms with Crippen molar-refractivity contribution in [2.75, 3.05) is 20.3 Å². The molecule has 0 heterocycles. The van der Waals surface area contributed by atoms with Gasteiger partial charge in [0, 0.05) is 12.6 Å². The van der Waals surface area contributed by atoms with Gasteiger partial charge in [-0.15, -0.1) is 0 Å². The first kappa shape index (κ1) is 20.4. The molecule has 2 aliphatic rings. The SMILES string of the molecule is COCc1cccc(OC[C@@H]2CCc3cc([C@H]4CC[C@](N)(CO)C4)ccc3C2)c1. The lowest BCUT2D eigenvalue weighted by atomic mass is 9.82. The molecule has 0 aromatic heterocycles. The summed E-state index contributed by atoms with van der Waals surface area (Å²) in [5.41, 5.74) is 11.4. The average molecular weight is 396 g/mol. The van der Waals surface area contributed by atoms with Crippen molar-refractivity contribution < 1.29 is 14.6 Å². The van der Waals surface area contributed by atoms with Gasteiger partial charge < -0.3 is 20.3 Å². The van der Waals surface area contributed by atoms with Gasteiger partial charge >= 0.3 is 0 Å². The van der Waals surface area contributed by atoms with Crippen LogP contribution in [0.3, 0.4) is 0 Å². The van der Waals surface area contributed by atoms with Crippen LogP contribution in [0.4, 0.5) is 0 Å². The van der Waals surface area contributed by atoms with Crippen LogP contribution in [0, 0.1) is 5.92 Å². The monoisotopic (exact) mass is 395 g/mol. The summed E-state index contributed by atoms with van der Waals surface area (Å²) >= 11 is 0. The van der Waals surface area contributed by atoms with Gasteiger partial charge in [0.1, 0.15) is 5.75 Å². The number of fused-ring (bicyclic) bond motifs is 1. The van der Waals surface area contributed by atoms with E-state index in [4.69, 9.17) is 15.2 Å². The van der Waals surface area contributed by atoms with E-state index >= 15 is 0 Å². The van der Waals surface area contributed by atoms with E-state index in [-0.39, 0.29) is 12.1 Å². The number of hydrogen-bond acceptors (Lipinski definition) is 4. The van der Waals surface area contributed by atoms with E-state index < -0.39 is 0 Å². The van der Waals surface area contributed by atoms with Crippen LogP contribution in [-0.4, -0.2) is 31.0 Å². The summed E-state index contributed by atoms with van der Waals surface area (Å²) in [5, 5.41) is 9.54. The molecule has 4 nitrogen and oxygen atoms in total. The molecule has 2 aromatic carbocycles. The molecule has 2 aliphatic carbocycles. The number of methoxy groups -OCH3 is 1. The fraction of sp³-hybridized carbons (Fsp3) is 0.520. The van der Waals surface area contributed by atoms with Crippen molar-refractivity contribution in [3.8, 4) is 5.75 Å². The Bertz CT molecular complexity index is 837. The molecule has 2 aromatic rings. The Labute approximate surface area is 174 Å². The Kier molecular flexibility index (Phi) is 6.23. The number of rotatable bonds is 7. The molecule has 4 rings (SSSR count). The van der Waals surface area contributed by atoms with E-state index in [1.807, 2.05) is 12.1 Å². The van der Waals surface area contributed by atoms with Crippen molar-refractivity contribution in [2.45, 2.75) is 56.6 Å². The van der Waals surface area contributed by atoms with Gasteiger partial charge in [-0.3, -0.25) is 0 Å². The Morgan fingerprint density at radius 1 is 1.14 bits per heavy atom. The van der Waals surface area contributed by atoms with Gasteiger partial charge in [-0.1, -0.05) is 30.3 Å². The van der Waals surface area contributed by atoms with E-state index in [0.717, 1.165) is 56.4 Å². The maximum atomic E-state index is 9.54. The lowest BCUT2D eigenvalue weighted by molar-refractivity contribution is 0.184. The molecule has 1 saturated carbocycles. The van der Waals surface area contributed by atoms with Crippen molar-refractivity contribution in [1.29, 1.82) is 0 Å². The molecular weight excluding hydrogens is 362 g/mol. The smallest absolute Gasteiger partial charge is 0.119 e. The Morgan fingerprint density at radius 3 is 2.83 bits per heavy atom. The maximum absolute atomic E-state index is 9.54.